The van der Waals surface area contributed by atoms with E-state index in [0.29, 0.717) is 6.54 Å². The third-order valence-corrected chi connectivity index (χ3v) is 4.34. The summed E-state index contributed by atoms with van der Waals surface area (Å²) in [7, 11) is 1.38. The fourth-order valence-electron chi connectivity index (χ4n) is 3.03. The number of esters is 1. The molecular weight excluding hydrogens is 290 g/mol. The van der Waals surface area contributed by atoms with Crippen molar-refractivity contribution in [1.82, 2.24) is 4.90 Å². The smallest absolute Gasteiger partial charge is 0.310 e. The molecule has 1 aliphatic carbocycles. The maximum Gasteiger partial charge on any atom is 0.310 e. The van der Waals surface area contributed by atoms with E-state index in [1.54, 1.807) is 6.08 Å². The lowest BCUT2D eigenvalue weighted by Gasteiger charge is -2.29. The topological polar surface area (TPSA) is 46.6 Å². The number of amides is 1. The second kappa shape index (κ2) is 8.51. The van der Waals surface area contributed by atoms with Crippen molar-refractivity contribution >= 4 is 18.0 Å². The SMILES string of the molecule is COC(=O)C(C)CN(C(=O)/C=C/c1ccccc1)C1CCCC1. The summed E-state index contributed by atoms with van der Waals surface area (Å²) in [6, 6.07) is 9.98. The van der Waals surface area contributed by atoms with Crippen molar-refractivity contribution in [3.63, 3.8) is 0 Å². The molecule has 4 nitrogen and oxygen atoms in total. The molecule has 124 valence electrons. The van der Waals surface area contributed by atoms with Gasteiger partial charge in [0.1, 0.15) is 0 Å². The minimum atomic E-state index is -0.310. The molecule has 1 fully saturated rings. The van der Waals surface area contributed by atoms with Gasteiger partial charge >= 0.3 is 5.97 Å². The second-order valence-corrected chi connectivity index (χ2v) is 6.10. The number of ether oxygens (including phenoxy) is 1. The van der Waals surface area contributed by atoms with E-state index in [2.05, 4.69) is 0 Å². The average Bonchev–Trinajstić information content (AvgIpc) is 3.11. The summed E-state index contributed by atoms with van der Waals surface area (Å²) in [5.74, 6) is -0.612. The molecule has 4 heteroatoms. The predicted octanol–water partition coefficient (Wildman–Crippen LogP) is 3.28. The quantitative estimate of drug-likeness (QED) is 0.598. The zero-order valence-electron chi connectivity index (χ0n) is 13.9. The van der Waals surface area contributed by atoms with Crippen LogP contribution >= 0.6 is 0 Å². The molecule has 0 radical (unpaired) electrons. The lowest BCUT2D eigenvalue weighted by atomic mass is 10.1. The van der Waals surface area contributed by atoms with Crippen LogP contribution in [0.1, 0.15) is 38.2 Å². The van der Waals surface area contributed by atoms with Crippen molar-refractivity contribution in [2.45, 2.75) is 38.6 Å². The Balaban J connectivity index is 2.07. The molecule has 1 amide bonds. The number of methoxy groups -OCH3 is 1. The highest BCUT2D eigenvalue weighted by molar-refractivity contribution is 5.92. The van der Waals surface area contributed by atoms with Crippen LogP contribution in [0.15, 0.2) is 36.4 Å². The maximum atomic E-state index is 12.6. The molecule has 1 aromatic rings. The Hall–Kier alpha value is -2.10. The number of carbonyl (C=O) groups is 2. The zero-order chi connectivity index (χ0) is 16.7. The summed E-state index contributed by atoms with van der Waals surface area (Å²) in [5.41, 5.74) is 0.994. The molecule has 1 aromatic carbocycles. The van der Waals surface area contributed by atoms with E-state index in [9.17, 15) is 9.59 Å². The van der Waals surface area contributed by atoms with Crippen molar-refractivity contribution in [3.05, 3.63) is 42.0 Å². The molecule has 0 N–H and O–H groups in total. The fraction of sp³-hybridized carbons (Fsp3) is 0.474. The minimum Gasteiger partial charge on any atom is -0.469 e. The summed E-state index contributed by atoms with van der Waals surface area (Å²) < 4.78 is 4.79. The van der Waals surface area contributed by atoms with Crippen LogP contribution in [-0.4, -0.2) is 36.5 Å². The Morgan fingerprint density at radius 2 is 1.91 bits per heavy atom. The van der Waals surface area contributed by atoms with Gasteiger partial charge in [-0.25, -0.2) is 0 Å². The molecule has 0 heterocycles. The standard InChI is InChI=1S/C19H25NO3/c1-15(19(22)23-2)14-20(17-10-6-7-11-17)18(21)13-12-16-8-4-3-5-9-16/h3-5,8-9,12-13,15,17H,6-7,10-11,14H2,1-2H3/b13-12+. The lowest BCUT2D eigenvalue weighted by molar-refractivity contribution is -0.146. The van der Waals surface area contributed by atoms with E-state index in [1.165, 1.54) is 7.11 Å². The van der Waals surface area contributed by atoms with Gasteiger partial charge in [0, 0.05) is 18.7 Å². The minimum absolute atomic E-state index is 0.0310. The molecule has 0 aromatic heterocycles. The molecule has 0 bridgehead atoms. The van der Waals surface area contributed by atoms with Crippen molar-refractivity contribution in [3.8, 4) is 0 Å². The number of benzene rings is 1. The number of carbonyl (C=O) groups excluding carboxylic acids is 2. The van der Waals surface area contributed by atoms with Crippen LogP contribution in [0.4, 0.5) is 0 Å². The molecule has 0 saturated heterocycles. The van der Waals surface area contributed by atoms with E-state index in [0.717, 1.165) is 31.2 Å². The molecule has 1 aliphatic rings. The third-order valence-electron chi connectivity index (χ3n) is 4.34. The normalized spacial score (nSPS) is 16.4. The van der Waals surface area contributed by atoms with Crippen LogP contribution < -0.4 is 0 Å². The van der Waals surface area contributed by atoms with Crippen LogP contribution in [0.3, 0.4) is 0 Å². The number of hydrogen-bond acceptors (Lipinski definition) is 3. The first-order valence-electron chi connectivity index (χ1n) is 8.23. The Bertz CT molecular complexity index is 547. The van der Waals surface area contributed by atoms with Crippen LogP contribution in [0.25, 0.3) is 6.08 Å². The molecule has 23 heavy (non-hydrogen) atoms. The summed E-state index contributed by atoms with van der Waals surface area (Å²) in [6.07, 6.45) is 7.75. The number of nitrogens with zero attached hydrogens (tertiary/aromatic N) is 1. The van der Waals surface area contributed by atoms with Gasteiger partial charge in [-0.15, -0.1) is 0 Å². The van der Waals surface area contributed by atoms with E-state index in [1.807, 2.05) is 48.2 Å². The average molecular weight is 315 g/mol. The van der Waals surface area contributed by atoms with Crippen molar-refractivity contribution in [1.29, 1.82) is 0 Å². The fourth-order valence-corrected chi connectivity index (χ4v) is 3.03. The van der Waals surface area contributed by atoms with Gasteiger partial charge < -0.3 is 9.64 Å². The predicted molar refractivity (Wildman–Crippen MR) is 90.6 cm³/mol. The molecule has 1 unspecified atom stereocenters. The van der Waals surface area contributed by atoms with Gasteiger partial charge in [0.15, 0.2) is 0 Å². The van der Waals surface area contributed by atoms with Gasteiger partial charge in [-0.1, -0.05) is 50.1 Å². The van der Waals surface area contributed by atoms with Crippen LogP contribution in [0, 0.1) is 5.92 Å². The van der Waals surface area contributed by atoms with E-state index < -0.39 is 0 Å². The van der Waals surface area contributed by atoms with Gasteiger partial charge in [-0.05, 0) is 24.5 Å². The van der Waals surface area contributed by atoms with Crippen LogP contribution in [0.5, 0.6) is 0 Å². The third kappa shape index (κ3) is 4.95. The van der Waals surface area contributed by atoms with Gasteiger partial charge in [0.25, 0.3) is 0 Å². The van der Waals surface area contributed by atoms with Crippen molar-refractivity contribution < 1.29 is 14.3 Å². The highest BCUT2D eigenvalue weighted by Gasteiger charge is 2.28. The first kappa shape index (κ1) is 17.3. The van der Waals surface area contributed by atoms with E-state index in [4.69, 9.17) is 4.74 Å². The summed E-state index contributed by atoms with van der Waals surface area (Å²) >= 11 is 0. The zero-order valence-corrected chi connectivity index (χ0v) is 13.9. The van der Waals surface area contributed by atoms with Crippen LogP contribution in [-0.2, 0) is 14.3 Å². The first-order valence-corrected chi connectivity index (χ1v) is 8.23. The van der Waals surface area contributed by atoms with Gasteiger partial charge in [-0.3, -0.25) is 9.59 Å². The molecule has 1 atom stereocenters. The number of rotatable bonds is 6. The van der Waals surface area contributed by atoms with Gasteiger partial charge in [0.2, 0.25) is 5.91 Å². The summed E-state index contributed by atoms with van der Waals surface area (Å²) in [5, 5.41) is 0. The molecule has 1 saturated carbocycles. The first-order chi connectivity index (χ1) is 11.1. The van der Waals surface area contributed by atoms with Gasteiger partial charge in [0.05, 0.1) is 13.0 Å². The maximum absolute atomic E-state index is 12.6. The Kier molecular flexibility index (Phi) is 6.39. The largest absolute Gasteiger partial charge is 0.469 e. The van der Waals surface area contributed by atoms with E-state index in [-0.39, 0.29) is 23.8 Å². The molecule has 0 aliphatic heterocycles. The van der Waals surface area contributed by atoms with E-state index >= 15 is 0 Å². The second-order valence-electron chi connectivity index (χ2n) is 6.10. The summed E-state index contributed by atoms with van der Waals surface area (Å²) in [4.78, 5) is 26.2. The summed E-state index contributed by atoms with van der Waals surface area (Å²) in [6.45, 7) is 2.22. The monoisotopic (exact) mass is 315 g/mol. The van der Waals surface area contributed by atoms with Crippen LogP contribution in [0.2, 0.25) is 0 Å². The Morgan fingerprint density at radius 3 is 2.52 bits per heavy atom. The Labute approximate surface area is 138 Å². The number of hydrogen-bond donors (Lipinski definition) is 0. The van der Waals surface area contributed by atoms with Crippen molar-refractivity contribution in [2.24, 2.45) is 5.92 Å². The Morgan fingerprint density at radius 1 is 1.26 bits per heavy atom. The molecular formula is C19H25NO3. The molecule has 0 spiro atoms. The molecule has 2 rings (SSSR count). The van der Waals surface area contributed by atoms with Crippen molar-refractivity contribution in [2.75, 3.05) is 13.7 Å². The highest BCUT2D eigenvalue weighted by Crippen LogP contribution is 2.25. The van der Waals surface area contributed by atoms with Gasteiger partial charge in [-0.2, -0.15) is 0 Å². The lowest BCUT2D eigenvalue weighted by Crippen LogP contribution is -2.42. The highest BCUT2D eigenvalue weighted by atomic mass is 16.5.